The Balaban J connectivity index is 1.87. The average molecular weight is 446 g/mol. The largest absolute Gasteiger partial charge is 0.455 e. The molecule has 0 spiro atoms. The molecule has 1 N–H and O–H groups in total. The fraction of sp³-hybridized carbons (Fsp3) is 0.136. The van der Waals surface area contributed by atoms with Gasteiger partial charge in [0.1, 0.15) is 11.8 Å². The minimum absolute atomic E-state index is 0.169. The number of anilines is 2. The molecule has 1 atom stereocenters. The molecule has 0 aliphatic rings. The normalized spacial score (nSPS) is 12.1. The van der Waals surface area contributed by atoms with E-state index in [-0.39, 0.29) is 5.69 Å². The van der Waals surface area contributed by atoms with E-state index in [2.05, 4.69) is 5.32 Å². The van der Waals surface area contributed by atoms with Crippen molar-refractivity contribution >= 4 is 27.3 Å². The van der Waals surface area contributed by atoms with Crippen molar-refractivity contribution in [3.63, 3.8) is 0 Å². The second kappa shape index (κ2) is 9.13. The molecule has 0 radical (unpaired) electrons. The fourth-order valence-electron chi connectivity index (χ4n) is 2.94. The average Bonchev–Trinajstić information content (AvgIpc) is 2.72. The van der Waals surface area contributed by atoms with E-state index in [1.807, 2.05) is 6.07 Å². The van der Waals surface area contributed by atoms with E-state index in [0.29, 0.717) is 17.2 Å². The van der Waals surface area contributed by atoms with Gasteiger partial charge in [-0.1, -0.05) is 30.3 Å². The number of amides is 1. The summed E-state index contributed by atoms with van der Waals surface area (Å²) in [7, 11) is -3.99. The monoisotopic (exact) mass is 446 g/mol. The van der Waals surface area contributed by atoms with Crippen LogP contribution in [0.1, 0.15) is 6.92 Å². The summed E-state index contributed by atoms with van der Waals surface area (Å²) < 4.78 is 58.2. The molecule has 0 fully saturated rings. The number of rotatable bonds is 7. The van der Waals surface area contributed by atoms with E-state index in [1.165, 1.54) is 6.92 Å². The van der Waals surface area contributed by atoms with Crippen LogP contribution in [0.4, 0.5) is 20.2 Å². The second-order valence-corrected chi connectivity index (χ2v) is 8.59. The molecule has 162 valence electrons. The van der Waals surface area contributed by atoms with Crippen LogP contribution in [0.2, 0.25) is 0 Å². The van der Waals surface area contributed by atoms with Gasteiger partial charge in [-0.15, -0.1) is 0 Å². The minimum Gasteiger partial charge on any atom is -0.455 e. The van der Waals surface area contributed by atoms with Crippen LogP contribution in [-0.2, 0) is 14.8 Å². The van der Waals surface area contributed by atoms with Crippen LogP contribution in [0.15, 0.2) is 72.8 Å². The Labute approximate surface area is 179 Å². The molecule has 6 nitrogen and oxygen atoms in total. The van der Waals surface area contributed by atoms with E-state index >= 15 is 0 Å². The Kier molecular flexibility index (Phi) is 6.55. The molecule has 9 heteroatoms. The number of nitrogens with one attached hydrogen (secondary N) is 1. The van der Waals surface area contributed by atoms with Crippen molar-refractivity contribution < 1.29 is 26.7 Å². The van der Waals surface area contributed by atoms with Crippen LogP contribution in [0.5, 0.6) is 11.5 Å². The Bertz CT molecular complexity index is 1190. The zero-order valence-corrected chi connectivity index (χ0v) is 17.6. The van der Waals surface area contributed by atoms with Crippen LogP contribution < -0.4 is 14.4 Å². The van der Waals surface area contributed by atoms with Gasteiger partial charge in [-0.25, -0.2) is 17.2 Å². The summed E-state index contributed by atoms with van der Waals surface area (Å²) in [6.45, 7) is 1.35. The topological polar surface area (TPSA) is 75.7 Å². The van der Waals surface area contributed by atoms with E-state index in [1.54, 1.807) is 48.5 Å². The molecule has 0 aliphatic carbocycles. The Morgan fingerprint density at radius 3 is 2.26 bits per heavy atom. The van der Waals surface area contributed by atoms with Crippen LogP contribution in [0.25, 0.3) is 0 Å². The lowest BCUT2D eigenvalue weighted by Gasteiger charge is -2.28. The van der Waals surface area contributed by atoms with E-state index in [4.69, 9.17) is 4.74 Å². The van der Waals surface area contributed by atoms with Crippen molar-refractivity contribution in [2.75, 3.05) is 15.9 Å². The SMILES string of the molecule is CC(C(=O)Nc1ccccc1Oc1ccccc1)N(c1ccc(F)c(F)c1)S(C)(=O)=O. The fourth-order valence-corrected chi connectivity index (χ4v) is 4.11. The predicted molar refractivity (Wildman–Crippen MR) is 115 cm³/mol. The number of sulfonamides is 1. The number of halogens is 2. The zero-order valence-electron chi connectivity index (χ0n) is 16.7. The first-order valence-corrected chi connectivity index (χ1v) is 11.1. The third-order valence-electron chi connectivity index (χ3n) is 4.36. The van der Waals surface area contributed by atoms with Gasteiger partial charge in [-0.2, -0.15) is 0 Å². The molecule has 0 saturated heterocycles. The molecule has 1 unspecified atom stereocenters. The Morgan fingerprint density at radius 1 is 0.968 bits per heavy atom. The van der Waals surface area contributed by atoms with Crippen molar-refractivity contribution in [2.24, 2.45) is 0 Å². The smallest absolute Gasteiger partial charge is 0.248 e. The number of benzene rings is 3. The van der Waals surface area contributed by atoms with Crippen molar-refractivity contribution in [3.05, 3.63) is 84.4 Å². The van der Waals surface area contributed by atoms with Crippen LogP contribution in [0.3, 0.4) is 0 Å². The third kappa shape index (κ3) is 5.37. The highest BCUT2D eigenvalue weighted by atomic mass is 32.2. The van der Waals surface area contributed by atoms with Gasteiger partial charge in [0.25, 0.3) is 0 Å². The molecular weight excluding hydrogens is 426 g/mol. The van der Waals surface area contributed by atoms with Gasteiger partial charge in [0.2, 0.25) is 15.9 Å². The van der Waals surface area contributed by atoms with E-state index < -0.39 is 33.6 Å². The Morgan fingerprint density at radius 2 is 1.61 bits per heavy atom. The summed E-state index contributed by atoms with van der Waals surface area (Å²) in [6, 6.07) is 16.9. The molecule has 0 heterocycles. The number of ether oxygens (including phenoxy) is 1. The molecule has 1 amide bonds. The van der Waals surface area contributed by atoms with Gasteiger partial charge >= 0.3 is 0 Å². The highest BCUT2D eigenvalue weighted by Crippen LogP contribution is 2.30. The first-order chi connectivity index (χ1) is 14.7. The maximum Gasteiger partial charge on any atom is 0.248 e. The molecule has 0 bridgehead atoms. The summed E-state index contributed by atoms with van der Waals surface area (Å²) in [5.74, 6) is -2.12. The molecular formula is C22H20F2N2O4S. The minimum atomic E-state index is -3.99. The number of hydrogen-bond donors (Lipinski definition) is 1. The first-order valence-electron chi connectivity index (χ1n) is 9.24. The molecule has 0 aliphatic heterocycles. The van der Waals surface area contributed by atoms with E-state index in [9.17, 15) is 22.0 Å². The molecule has 3 aromatic rings. The molecule has 3 rings (SSSR count). The molecule has 0 saturated carbocycles. The van der Waals surface area contributed by atoms with Gasteiger partial charge in [0.05, 0.1) is 17.6 Å². The van der Waals surface area contributed by atoms with Gasteiger partial charge in [0.15, 0.2) is 17.4 Å². The number of nitrogens with zero attached hydrogens (tertiary/aromatic N) is 1. The lowest BCUT2D eigenvalue weighted by atomic mass is 10.2. The first kappa shape index (κ1) is 22.2. The van der Waals surface area contributed by atoms with Gasteiger partial charge in [-0.05, 0) is 43.3 Å². The van der Waals surface area contributed by atoms with Gasteiger partial charge < -0.3 is 10.1 Å². The summed E-state index contributed by atoms with van der Waals surface area (Å²) in [6.07, 6.45) is 0.879. The van der Waals surface area contributed by atoms with E-state index in [0.717, 1.165) is 28.8 Å². The number of para-hydroxylation sites is 3. The van der Waals surface area contributed by atoms with Crippen molar-refractivity contribution in [1.82, 2.24) is 0 Å². The molecule has 3 aromatic carbocycles. The summed E-state index contributed by atoms with van der Waals surface area (Å²) >= 11 is 0. The summed E-state index contributed by atoms with van der Waals surface area (Å²) in [5.41, 5.74) is 0.153. The van der Waals surface area contributed by atoms with Crippen LogP contribution >= 0.6 is 0 Å². The maximum atomic E-state index is 13.7. The summed E-state index contributed by atoms with van der Waals surface area (Å²) in [5, 5.41) is 2.64. The number of hydrogen-bond acceptors (Lipinski definition) is 4. The molecule has 0 aromatic heterocycles. The maximum absolute atomic E-state index is 13.7. The van der Waals surface area contributed by atoms with Crippen LogP contribution in [0, 0.1) is 11.6 Å². The lowest BCUT2D eigenvalue weighted by Crippen LogP contribution is -2.45. The highest BCUT2D eigenvalue weighted by Gasteiger charge is 2.30. The third-order valence-corrected chi connectivity index (χ3v) is 5.60. The number of carbonyl (C=O) groups is 1. The van der Waals surface area contributed by atoms with Gasteiger partial charge in [-0.3, -0.25) is 9.10 Å². The standard InChI is InChI=1S/C22H20F2N2O4S/c1-15(26(31(2,28)29)16-12-13-18(23)19(24)14-16)22(27)25-20-10-6-7-11-21(20)30-17-8-4-3-5-9-17/h3-15H,1-2H3,(H,25,27). The second-order valence-electron chi connectivity index (χ2n) is 6.73. The lowest BCUT2D eigenvalue weighted by molar-refractivity contribution is -0.116. The Hall–Kier alpha value is -3.46. The highest BCUT2D eigenvalue weighted by molar-refractivity contribution is 7.92. The molecule has 31 heavy (non-hydrogen) atoms. The van der Waals surface area contributed by atoms with Crippen molar-refractivity contribution in [2.45, 2.75) is 13.0 Å². The zero-order chi connectivity index (χ0) is 22.6. The van der Waals surface area contributed by atoms with Crippen LogP contribution in [-0.4, -0.2) is 26.6 Å². The van der Waals surface area contributed by atoms with Crippen molar-refractivity contribution in [3.8, 4) is 11.5 Å². The number of carbonyl (C=O) groups excluding carboxylic acids is 1. The quantitative estimate of drug-likeness (QED) is 0.578. The van der Waals surface area contributed by atoms with Gasteiger partial charge in [0, 0.05) is 6.07 Å². The van der Waals surface area contributed by atoms with Crippen molar-refractivity contribution in [1.29, 1.82) is 0 Å². The summed E-state index contributed by atoms with van der Waals surface area (Å²) in [4.78, 5) is 12.9. The predicted octanol–water partition coefficient (Wildman–Crippen LogP) is 4.55.